The number of nitrogens with one attached hydrogen (secondary N) is 1. The molecule has 37 heavy (non-hydrogen) atoms. The predicted octanol–water partition coefficient (Wildman–Crippen LogP) is 3.98. The number of nitrogens with two attached hydrogens (primary N) is 2. The molecule has 1 aromatic carbocycles. The molecule has 0 atom stereocenters. The molecule has 1 fully saturated rings. The fourth-order valence-electron chi connectivity index (χ4n) is 4.40. The summed E-state index contributed by atoms with van der Waals surface area (Å²) in [6.07, 6.45) is 2.66. The molecule has 4 rings (SSSR count). The van der Waals surface area contributed by atoms with Crippen molar-refractivity contribution in [3.8, 4) is 0 Å². The van der Waals surface area contributed by atoms with Gasteiger partial charge in [0.1, 0.15) is 17.1 Å². The van der Waals surface area contributed by atoms with Gasteiger partial charge in [-0.15, -0.1) is 0 Å². The van der Waals surface area contributed by atoms with Gasteiger partial charge in [-0.1, -0.05) is 23.7 Å². The van der Waals surface area contributed by atoms with Gasteiger partial charge in [0.05, 0.1) is 17.4 Å². The van der Waals surface area contributed by atoms with Crippen molar-refractivity contribution in [2.45, 2.75) is 38.6 Å². The third-order valence-electron chi connectivity index (χ3n) is 6.36. The number of nitrogens with zero attached hydrogens (tertiary/aromatic N) is 4. The van der Waals surface area contributed by atoms with Crippen molar-refractivity contribution < 1.29 is 18.8 Å². The van der Waals surface area contributed by atoms with Gasteiger partial charge in [0, 0.05) is 24.2 Å². The number of hydrogen-bond acceptors (Lipinski definition) is 6. The fraction of sp³-hybridized carbons (Fsp3) is 0.320. The number of carbonyl (C=O) groups is 3. The van der Waals surface area contributed by atoms with Crippen LogP contribution in [-0.2, 0) is 0 Å². The summed E-state index contributed by atoms with van der Waals surface area (Å²) in [5, 5.41) is 7.43. The van der Waals surface area contributed by atoms with Crippen molar-refractivity contribution in [3.05, 3.63) is 69.9 Å². The number of benzene rings is 1. The van der Waals surface area contributed by atoms with Gasteiger partial charge in [-0.05, 0) is 56.4 Å². The zero-order chi connectivity index (χ0) is 26.9. The van der Waals surface area contributed by atoms with Crippen molar-refractivity contribution in [1.82, 2.24) is 19.7 Å². The molecule has 0 bridgehead atoms. The molecule has 194 valence electrons. The van der Waals surface area contributed by atoms with Crippen molar-refractivity contribution in [2.75, 3.05) is 24.1 Å². The molecule has 0 saturated carbocycles. The van der Waals surface area contributed by atoms with E-state index < -0.39 is 29.2 Å². The monoisotopic (exact) mass is 527 g/mol. The largest absolute Gasteiger partial charge is 0.383 e. The van der Waals surface area contributed by atoms with Crippen molar-refractivity contribution >= 4 is 40.8 Å². The highest BCUT2D eigenvalue weighted by molar-refractivity contribution is 6.30. The van der Waals surface area contributed by atoms with Crippen LogP contribution >= 0.6 is 11.6 Å². The standard InChI is InChI=1S/C25H27ClFN7O3/c1-13(2)34-23(28)19(24(29)36)20(32-34)21(35)18-11-17(12-30-22(18)27)31-25(37)33-9-7-15(8-10-33)14-3-5-16(26)6-4-14/h3-6,11-13,15H,7-10,28H2,1-2H3,(H2,29,36)(H,31,37). The Morgan fingerprint density at radius 3 is 2.41 bits per heavy atom. The van der Waals surface area contributed by atoms with Crippen LogP contribution in [0.4, 0.5) is 20.7 Å². The van der Waals surface area contributed by atoms with Crippen molar-refractivity contribution in [3.63, 3.8) is 0 Å². The summed E-state index contributed by atoms with van der Waals surface area (Å²) in [6.45, 7) is 4.54. The number of piperidine rings is 1. The lowest BCUT2D eigenvalue weighted by Gasteiger charge is -2.32. The number of anilines is 2. The van der Waals surface area contributed by atoms with Gasteiger partial charge >= 0.3 is 6.03 Å². The van der Waals surface area contributed by atoms with E-state index in [-0.39, 0.29) is 28.8 Å². The molecule has 10 nitrogen and oxygen atoms in total. The number of nitrogen functional groups attached to an aromatic ring is 1. The normalized spacial score (nSPS) is 14.1. The molecule has 1 saturated heterocycles. The first kappa shape index (κ1) is 26.1. The van der Waals surface area contributed by atoms with E-state index in [2.05, 4.69) is 15.4 Å². The van der Waals surface area contributed by atoms with Crippen LogP contribution in [0.2, 0.25) is 5.02 Å². The Kier molecular flexibility index (Phi) is 7.44. The Balaban J connectivity index is 1.49. The minimum absolute atomic E-state index is 0.0920. The van der Waals surface area contributed by atoms with E-state index in [0.29, 0.717) is 24.0 Å². The van der Waals surface area contributed by atoms with E-state index in [1.165, 1.54) is 10.2 Å². The lowest BCUT2D eigenvalue weighted by atomic mass is 9.89. The minimum atomic E-state index is -1.08. The number of aromatic nitrogens is 3. The highest BCUT2D eigenvalue weighted by Gasteiger charge is 2.29. The van der Waals surface area contributed by atoms with E-state index in [9.17, 15) is 18.8 Å². The molecule has 3 heterocycles. The molecule has 3 aromatic rings. The molecular formula is C25H27ClFN7O3. The number of ketones is 1. The number of primary amides is 1. The maximum atomic E-state index is 14.6. The summed E-state index contributed by atoms with van der Waals surface area (Å²) in [4.78, 5) is 43.2. The van der Waals surface area contributed by atoms with Gasteiger partial charge in [0.15, 0.2) is 0 Å². The van der Waals surface area contributed by atoms with Crippen molar-refractivity contribution in [2.24, 2.45) is 5.73 Å². The topological polar surface area (TPSA) is 149 Å². The zero-order valence-electron chi connectivity index (χ0n) is 20.4. The first-order valence-corrected chi connectivity index (χ1v) is 12.1. The number of amides is 3. The smallest absolute Gasteiger partial charge is 0.321 e. The highest BCUT2D eigenvalue weighted by atomic mass is 35.5. The lowest BCUT2D eigenvalue weighted by Crippen LogP contribution is -2.40. The number of carbonyl (C=O) groups excluding carboxylic acids is 3. The predicted molar refractivity (Wildman–Crippen MR) is 137 cm³/mol. The molecule has 0 unspecified atom stereocenters. The van der Waals surface area contributed by atoms with Gasteiger partial charge in [0.2, 0.25) is 11.7 Å². The van der Waals surface area contributed by atoms with Crippen LogP contribution in [0.15, 0.2) is 36.5 Å². The molecule has 0 radical (unpaired) electrons. The molecule has 1 aliphatic rings. The highest BCUT2D eigenvalue weighted by Crippen LogP contribution is 2.29. The summed E-state index contributed by atoms with van der Waals surface area (Å²) in [6, 6.07) is 8.16. The summed E-state index contributed by atoms with van der Waals surface area (Å²) in [5.74, 6) is -2.75. The number of pyridine rings is 1. The van der Waals surface area contributed by atoms with Gasteiger partial charge < -0.3 is 21.7 Å². The van der Waals surface area contributed by atoms with E-state index in [1.54, 1.807) is 18.7 Å². The molecule has 5 N–H and O–H groups in total. The molecule has 0 aliphatic carbocycles. The number of likely N-dealkylation sites (tertiary alicyclic amines) is 1. The average Bonchev–Trinajstić information content (AvgIpc) is 3.23. The Bertz CT molecular complexity index is 1350. The first-order valence-electron chi connectivity index (χ1n) is 11.8. The van der Waals surface area contributed by atoms with Crippen LogP contribution in [0.25, 0.3) is 0 Å². The quantitative estimate of drug-likeness (QED) is 0.326. The summed E-state index contributed by atoms with van der Waals surface area (Å²) < 4.78 is 15.8. The SMILES string of the molecule is CC(C)n1nc(C(=O)c2cc(NC(=O)N3CCC(c4ccc(Cl)cc4)CC3)cnc2F)c(C(N)=O)c1N. The number of urea groups is 1. The van der Waals surface area contributed by atoms with Gasteiger partial charge in [0.25, 0.3) is 5.91 Å². The van der Waals surface area contributed by atoms with E-state index in [0.717, 1.165) is 25.1 Å². The van der Waals surface area contributed by atoms with Gasteiger partial charge in [-0.25, -0.2) is 14.5 Å². The number of halogens is 2. The summed E-state index contributed by atoms with van der Waals surface area (Å²) in [5.41, 5.74) is 11.5. The van der Waals surface area contributed by atoms with E-state index in [4.69, 9.17) is 23.1 Å². The Morgan fingerprint density at radius 1 is 1.16 bits per heavy atom. The molecule has 1 aliphatic heterocycles. The summed E-state index contributed by atoms with van der Waals surface area (Å²) >= 11 is 5.97. The maximum Gasteiger partial charge on any atom is 0.321 e. The number of rotatable bonds is 6. The van der Waals surface area contributed by atoms with Crippen LogP contribution in [0.3, 0.4) is 0 Å². The average molecular weight is 528 g/mol. The van der Waals surface area contributed by atoms with E-state index in [1.807, 2.05) is 24.3 Å². The van der Waals surface area contributed by atoms with Crippen LogP contribution in [-0.4, -0.2) is 50.5 Å². The van der Waals surface area contributed by atoms with Crippen molar-refractivity contribution in [1.29, 1.82) is 0 Å². The zero-order valence-corrected chi connectivity index (χ0v) is 21.1. The Hall–Kier alpha value is -3.99. The van der Waals surface area contributed by atoms with Gasteiger partial charge in [-0.3, -0.25) is 9.59 Å². The first-order chi connectivity index (χ1) is 17.6. The van der Waals surface area contributed by atoms with Crippen LogP contribution in [0.1, 0.15) is 70.6 Å². The van der Waals surface area contributed by atoms with Crippen LogP contribution in [0, 0.1) is 5.95 Å². The molecule has 0 spiro atoms. The maximum absolute atomic E-state index is 14.6. The fourth-order valence-corrected chi connectivity index (χ4v) is 4.53. The van der Waals surface area contributed by atoms with E-state index >= 15 is 0 Å². The Labute approximate surface area is 217 Å². The second kappa shape index (κ2) is 10.6. The second-order valence-electron chi connectivity index (χ2n) is 9.15. The summed E-state index contributed by atoms with van der Waals surface area (Å²) in [7, 11) is 0. The lowest BCUT2D eigenvalue weighted by molar-refractivity contribution is 0.0979. The molecule has 3 amide bonds. The number of hydrogen-bond donors (Lipinski definition) is 3. The Morgan fingerprint density at radius 2 is 1.81 bits per heavy atom. The molecular weight excluding hydrogens is 501 g/mol. The second-order valence-corrected chi connectivity index (χ2v) is 9.58. The third kappa shape index (κ3) is 5.41. The van der Waals surface area contributed by atoms with Gasteiger partial charge in [-0.2, -0.15) is 9.49 Å². The minimum Gasteiger partial charge on any atom is -0.383 e. The third-order valence-corrected chi connectivity index (χ3v) is 6.61. The van der Waals surface area contributed by atoms with Crippen LogP contribution < -0.4 is 16.8 Å². The molecule has 2 aromatic heterocycles. The molecule has 12 heteroatoms. The van der Waals surface area contributed by atoms with Crippen LogP contribution in [0.5, 0.6) is 0 Å².